The summed E-state index contributed by atoms with van der Waals surface area (Å²) in [4.78, 5) is 0.169. The van der Waals surface area contributed by atoms with Crippen molar-refractivity contribution in [2.45, 2.75) is 35.0 Å². The number of halogens is 1. The fraction of sp³-hybridized carbons (Fsp3) is 0.360. The van der Waals surface area contributed by atoms with Crippen LogP contribution in [0.5, 0.6) is 0 Å². The zero-order valence-electron chi connectivity index (χ0n) is 20.0. The average molecular weight is 541 g/mol. The smallest absolute Gasteiger partial charge is 0.243 e. The topological polar surface area (TPSA) is 102 Å². The van der Waals surface area contributed by atoms with Gasteiger partial charge in [-0.25, -0.2) is 12.8 Å². The van der Waals surface area contributed by atoms with Gasteiger partial charge in [0.05, 0.1) is 18.1 Å². The predicted molar refractivity (Wildman–Crippen MR) is 137 cm³/mol. The third-order valence-electron chi connectivity index (χ3n) is 6.20. The van der Waals surface area contributed by atoms with Gasteiger partial charge in [-0.1, -0.05) is 23.9 Å². The van der Waals surface area contributed by atoms with E-state index in [1.165, 1.54) is 28.2 Å². The summed E-state index contributed by atoms with van der Waals surface area (Å²) in [5, 5.41) is 17.7. The van der Waals surface area contributed by atoms with Crippen molar-refractivity contribution < 1.29 is 17.5 Å². The molecule has 3 heterocycles. The number of nitrogens with zero attached hydrogens (tertiary/aromatic N) is 6. The van der Waals surface area contributed by atoms with E-state index in [9.17, 15) is 12.8 Å². The normalized spacial score (nSPS) is 17.0. The molecular formula is C25H25FN6O3S2. The number of thioether (sulfide) groups is 1. The van der Waals surface area contributed by atoms with Crippen LogP contribution in [0, 0.1) is 18.2 Å². The number of hydrogen-bond donors (Lipinski definition) is 0. The van der Waals surface area contributed by atoms with Crippen LogP contribution in [0.15, 0.2) is 68.8 Å². The molecule has 1 fully saturated rings. The lowest BCUT2D eigenvalue weighted by molar-refractivity contribution is 0.0730. The van der Waals surface area contributed by atoms with Gasteiger partial charge < -0.3 is 4.74 Å². The molecule has 0 N–H and O–H groups in total. The Morgan fingerprint density at radius 2 is 1.84 bits per heavy atom. The first-order valence-corrected chi connectivity index (χ1v) is 14.2. The van der Waals surface area contributed by atoms with Crippen LogP contribution in [0.4, 0.5) is 4.39 Å². The second kappa shape index (κ2) is 10.7. The molecule has 3 aromatic rings. The fourth-order valence-electron chi connectivity index (χ4n) is 4.08. The van der Waals surface area contributed by atoms with Gasteiger partial charge in [0.15, 0.2) is 16.6 Å². The summed E-state index contributed by atoms with van der Waals surface area (Å²) < 4.78 is 48.7. The minimum atomic E-state index is -3.69. The molecule has 12 heteroatoms. The van der Waals surface area contributed by atoms with Crippen molar-refractivity contribution in [1.82, 2.24) is 19.1 Å². The molecule has 2 aliphatic heterocycles. The predicted octanol–water partition coefficient (Wildman–Crippen LogP) is 4.15. The van der Waals surface area contributed by atoms with Crippen molar-refractivity contribution >= 4 is 21.8 Å². The van der Waals surface area contributed by atoms with Gasteiger partial charge in [0.1, 0.15) is 5.82 Å². The first-order chi connectivity index (χ1) is 17.9. The van der Waals surface area contributed by atoms with E-state index in [-0.39, 0.29) is 10.7 Å². The maximum atomic E-state index is 13.7. The van der Waals surface area contributed by atoms with Crippen LogP contribution in [0.3, 0.4) is 0 Å². The monoisotopic (exact) mass is 540 g/mol. The summed E-state index contributed by atoms with van der Waals surface area (Å²) in [6, 6.07) is 12.6. The van der Waals surface area contributed by atoms with Crippen LogP contribution in [-0.2, 0) is 14.8 Å². The number of terminal acetylenes is 1. The largest absolute Gasteiger partial charge is 0.379 e. The standard InChI is InChI=1S/C25H25FN6O3S2/c1-2-3-11-25(29-30-25)12-17-36-24-28-27-23(32(24)21-9-7-20(26)8-10-21)19-5-4-6-22(18-19)37(33,34)31-13-15-35-16-14-31/h1,4-10,18H,3,11-17H2. The van der Waals surface area contributed by atoms with Crippen molar-refractivity contribution in [3.63, 3.8) is 0 Å². The molecule has 5 rings (SSSR count). The molecular weight excluding hydrogens is 515 g/mol. The third-order valence-corrected chi connectivity index (χ3v) is 9.03. The van der Waals surface area contributed by atoms with Crippen molar-refractivity contribution in [2.24, 2.45) is 10.2 Å². The summed E-state index contributed by atoms with van der Waals surface area (Å²) in [5.41, 5.74) is 0.828. The second-order valence-corrected chi connectivity index (χ2v) is 11.6. The highest BCUT2D eigenvalue weighted by atomic mass is 32.2. The Morgan fingerprint density at radius 3 is 2.54 bits per heavy atom. The van der Waals surface area contributed by atoms with E-state index in [0.717, 1.165) is 0 Å². The Bertz CT molecular complexity index is 1440. The number of sulfonamides is 1. The SMILES string of the molecule is C#CCCC1(CCSc2nnc(-c3cccc(S(=O)(=O)N4CCOCC4)c3)n2-c2ccc(F)cc2)N=N1. The second-order valence-electron chi connectivity index (χ2n) is 8.65. The Morgan fingerprint density at radius 1 is 1.08 bits per heavy atom. The van der Waals surface area contributed by atoms with Crippen molar-refractivity contribution in [1.29, 1.82) is 0 Å². The third kappa shape index (κ3) is 5.60. The lowest BCUT2D eigenvalue weighted by Crippen LogP contribution is -2.40. The molecule has 192 valence electrons. The lowest BCUT2D eigenvalue weighted by atomic mass is 10.1. The summed E-state index contributed by atoms with van der Waals surface area (Å²) in [6.45, 7) is 1.34. The zero-order chi connectivity index (χ0) is 25.9. The van der Waals surface area contributed by atoms with Crippen LogP contribution in [0.1, 0.15) is 19.3 Å². The molecule has 0 unspecified atom stereocenters. The average Bonchev–Trinajstić information content (AvgIpc) is 3.57. The Balaban J connectivity index is 1.45. The molecule has 0 spiro atoms. The van der Waals surface area contributed by atoms with Crippen molar-refractivity contribution in [2.75, 3.05) is 32.1 Å². The molecule has 9 nitrogen and oxygen atoms in total. The number of ether oxygens (including phenoxy) is 1. The lowest BCUT2D eigenvalue weighted by Gasteiger charge is -2.26. The first kappa shape index (κ1) is 25.5. The molecule has 0 bridgehead atoms. The molecule has 0 atom stereocenters. The van der Waals surface area contributed by atoms with Gasteiger partial charge in [0, 0.05) is 49.4 Å². The van der Waals surface area contributed by atoms with Crippen LogP contribution < -0.4 is 0 Å². The minimum absolute atomic E-state index is 0.169. The molecule has 0 radical (unpaired) electrons. The van der Waals surface area contributed by atoms with E-state index in [0.29, 0.717) is 73.6 Å². The number of rotatable bonds is 10. The maximum absolute atomic E-state index is 13.7. The summed E-state index contributed by atoms with van der Waals surface area (Å²) in [5.74, 6) is 3.39. The van der Waals surface area contributed by atoms with Crippen LogP contribution in [-0.4, -0.2) is 65.2 Å². The molecule has 0 saturated carbocycles. The van der Waals surface area contributed by atoms with Gasteiger partial charge in [-0.15, -0.1) is 22.5 Å². The molecule has 0 aliphatic carbocycles. The van der Waals surface area contributed by atoms with Gasteiger partial charge in [0.2, 0.25) is 10.0 Å². The van der Waals surface area contributed by atoms with Crippen molar-refractivity contribution in [3.8, 4) is 29.4 Å². The summed E-state index contributed by atoms with van der Waals surface area (Å²) >= 11 is 1.48. The van der Waals surface area contributed by atoms with Gasteiger partial charge in [-0.05, 0) is 36.4 Å². The number of morpholine rings is 1. The first-order valence-electron chi connectivity index (χ1n) is 11.8. The Labute approximate surface area is 219 Å². The number of aromatic nitrogens is 3. The molecule has 2 aliphatic rings. The van der Waals surface area contributed by atoms with E-state index in [2.05, 4.69) is 26.3 Å². The minimum Gasteiger partial charge on any atom is -0.379 e. The van der Waals surface area contributed by atoms with Gasteiger partial charge in [0.25, 0.3) is 0 Å². The van der Waals surface area contributed by atoms with Crippen molar-refractivity contribution in [3.05, 3.63) is 54.3 Å². The van der Waals surface area contributed by atoms with E-state index in [4.69, 9.17) is 11.2 Å². The van der Waals surface area contributed by atoms with Crippen LogP contribution in [0.25, 0.3) is 17.1 Å². The number of hydrogen-bond acceptors (Lipinski definition) is 8. The van der Waals surface area contributed by atoms with E-state index in [1.54, 1.807) is 41.0 Å². The quantitative estimate of drug-likeness (QED) is 0.283. The fourth-order valence-corrected chi connectivity index (χ4v) is 6.56. The van der Waals surface area contributed by atoms with E-state index in [1.807, 2.05) is 0 Å². The zero-order valence-corrected chi connectivity index (χ0v) is 21.6. The van der Waals surface area contributed by atoms with E-state index < -0.39 is 15.7 Å². The molecule has 0 amide bonds. The van der Waals surface area contributed by atoms with Gasteiger partial charge in [-0.2, -0.15) is 14.5 Å². The summed E-state index contributed by atoms with van der Waals surface area (Å²) in [6.07, 6.45) is 7.41. The molecule has 1 saturated heterocycles. The highest BCUT2D eigenvalue weighted by Gasteiger charge is 2.38. The Kier molecular flexibility index (Phi) is 7.39. The molecule has 2 aromatic carbocycles. The van der Waals surface area contributed by atoms with Crippen LogP contribution >= 0.6 is 11.8 Å². The highest BCUT2D eigenvalue weighted by molar-refractivity contribution is 7.99. The maximum Gasteiger partial charge on any atom is 0.243 e. The molecule has 1 aromatic heterocycles. The Hall–Kier alpha value is -3.11. The van der Waals surface area contributed by atoms with E-state index >= 15 is 0 Å². The summed E-state index contributed by atoms with van der Waals surface area (Å²) in [7, 11) is -3.69. The van der Waals surface area contributed by atoms with Gasteiger partial charge >= 0.3 is 0 Å². The molecule has 37 heavy (non-hydrogen) atoms. The highest BCUT2D eigenvalue weighted by Crippen LogP contribution is 2.39. The van der Waals surface area contributed by atoms with Gasteiger partial charge in [-0.3, -0.25) is 4.57 Å². The van der Waals surface area contributed by atoms with Crippen LogP contribution in [0.2, 0.25) is 0 Å². The number of benzene rings is 2.